The number of fused-ring (bicyclic) bond motifs is 2. The van der Waals surface area contributed by atoms with Gasteiger partial charge in [-0.25, -0.2) is 9.97 Å². The van der Waals surface area contributed by atoms with E-state index in [-0.39, 0.29) is 48.9 Å². The van der Waals surface area contributed by atoms with Gasteiger partial charge in [-0.1, -0.05) is 0 Å². The fourth-order valence-corrected chi connectivity index (χ4v) is 4.52. The Hall–Kier alpha value is -2.96. The second-order valence-electron chi connectivity index (χ2n) is 8.73. The molecule has 2 aliphatic rings. The standard InChI is InChI=1S/C24H28N6O5.2ClH/c1-34-16-3-4-17-19(10-16)30(23(33)12-26-17)9-8-29-7-6-18(20(31)13-29)25-11-15-2-5-21-24(27-15)28-22(32)14-35-21;;/h2-5,10,12,18,20,25,31H,6-9,11,13-14H2,1H3,(H,27,28,32);2*1H/t18-,20+;;/m0../s1. The van der Waals surface area contributed by atoms with Gasteiger partial charge in [-0.3, -0.25) is 14.5 Å². The molecule has 3 aromatic rings. The van der Waals surface area contributed by atoms with Gasteiger partial charge in [0.05, 0.1) is 36.1 Å². The number of hydrogen-bond acceptors (Lipinski definition) is 9. The molecule has 0 saturated carbocycles. The first-order chi connectivity index (χ1) is 17.0. The molecule has 0 radical (unpaired) electrons. The van der Waals surface area contributed by atoms with E-state index in [0.717, 1.165) is 29.7 Å². The number of aromatic nitrogens is 3. The number of benzene rings is 1. The van der Waals surface area contributed by atoms with Crippen LogP contribution in [0.5, 0.6) is 11.5 Å². The topological polar surface area (TPSA) is 131 Å². The number of likely N-dealkylation sites (tertiary alicyclic amines) is 1. The molecule has 2 aromatic heterocycles. The molecule has 200 valence electrons. The average molecular weight is 553 g/mol. The van der Waals surface area contributed by atoms with Gasteiger partial charge in [0.15, 0.2) is 18.2 Å². The number of amides is 1. The van der Waals surface area contributed by atoms with Crippen molar-refractivity contribution >= 4 is 47.6 Å². The lowest BCUT2D eigenvalue weighted by Gasteiger charge is -2.36. The molecule has 37 heavy (non-hydrogen) atoms. The third kappa shape index (κ3) is 6.49. The molecule has 5 rings (SSSR count). The third-order valence-corrected chi connectivity index (χ3v) is 6.44. The Morgan fingerprint density at radius 1 is 1.22 bits per heavy atom. The van der Waals surface area contributed by atoms with Crippen LogP contribution >= 0.6 is 24.8 Å². The molecule has 11 nitrogen and oxygen atoms in total. The quantitative estimate of drug-likeness (QED) is 0.395. The zero-order valence-electron chi connectivity index (χ0n) is 20.3. The summed E-state index contributed by atoms with van der Waals surface area (Å²) in [7, 11) is 1.59. The molecule has 0 spiro atoms. The number of hydrogen-bond donors (Lipinski definition) is 3. The number of halogens is 2. The molecule has 1 aromatic carbocycles. The number of anilines is 1. The fraction of sp³-hybridized carbons (Fsp3) is 0.417. The maximum absolute atomic E-state index is 12.5. The normalized spacial score (nSPS) is 19.1. The highest BCUT2D eigenvalue weighted by Crippen LogP contribution is 2.25. The molecular formula is C24H30Cl2N6O5. The van der Waals surface area contributed by atoms with Crippen LogP contribution in [0.4, 0.5) is 5.82 Å². The smallest absolute Gasteiger partial charge is 0.269 e. The summed E-state index contributed by atoms with van der Waals surface area (Å²) in [6.07, 6.45) is 1.54. The number of carbonyl (C=O) groups excluding carboxylic acids is 1. The van der Waals surface area contributed by atoms with Crippen LogP contribution in [0.2, 0.25) is 0 Å². The predicted octanol–water partition coefficient (Wildman–Crippen LogP) is 1.20. The maximum atomic E-state index is 12.5. The van der Waals surface area contributed by atoms with E-state index in [9.17, 15) is 14.7 Å². The third-order valence-electron chi connectivity index (χ3n) is 6.44. The Bertz CT molecular complexity index is 1310. The van der Waals surface area contributed by atoms with Crippen LogP contribution < -0.4 is 25.7 Å². The highest BCUT2D eigenvalue weighted by Gasteiger charge is 2.27. The number of nitrogens with one attached hydrogen (secondary N) is 2. The van der Waals surface area contributed by atoms with E-state index in [2.05, 4.69) is 25.5 Å². The second-order valence-corrected chi connectivity index (χ2v) is 8.73. The van der Waals surface area contributed by atoms with Gasteiger partial charge in [-0.2, -0.15) is 0 Å². The van der Waals surface area contributed by atoms with Gasteiger partial charge < -0.3 is 29.8 Å². The van der Waals surface area contributed by atoms with Crippen molar-refractivity contribution in [3.63, 3.8) is 0 Å². The molecule has 3 N–H and O–H groups in total. The first kappa shape index (κ1) is 28.6. The Morgan fingerprint density at radius 2 is 2.05 bits per heavy atom. The van der Waals surface area contributed by atoms with E-state index in [4.69, 9.17) is 9.47 Å². The number of aliphatic hydroxyl groups excluding tert-OH is 1. The van der Waals surface area contributed by atoms with Gasteiger partial charge in [0.1, 0.15) is 5.75 Å². The molecule has 2 aliphatic heterocycles. The molecule has 1 saturated heterocycles. The first-order valence-corrected chi connectivity index (χ1v) is 11.6. The first-order valence-electron chi connectivity index (χ1n) is 11.6. The van der Waals surface area contributed by atoms with Crippen LogP contribution in [-0.4, -0.2) is 75.9 Å². The molecule has 1 fully saturated rings. The van der Waals surface area contributed by atoms with Crippen molar-refractivity contribution in [2.24, 2.45) is 0 Å². The zero-order chi connectivity index (χ0) is 24.4. The van der Waals surface area contributed by atoms with Crippen molar-refractivity contribution < 1.29 is 19.4 Å². The molecule has 13 heteroatoms. The zero-order valence-corrected chi connectivity index (χ0v) is 21.9. The molecule has 2 atom stereocenters. The average Bonchev–Trinajstić information content (AvgIpc) is 2.87. The van der Waals surface area contributed by atoms with E-state index < -0.39 is 6.10 Å². The number of aliphatic hydroxyl groups is 1. The minimum Gasteiger partial charge on any atom is -0.497 e. The van der Waals surface area contributed by atoms with Crippen LogP contribution in [0.25, 0.3) is 11.0 Å². The highest BCUT2D eigenvalue weighted by atomic mass is 35.5. The Morgan fingerprint density at radius 3 is 2.84 bits per heavy atom. The lowest BCUT2D eigenvalue weighted by molar-refractivity contribution is -0.118. The van der Waals surface area contributed by atoms with E-state index in [0.29, 0.717) is 43.5 Å². The van der Waals surface area contributed by atoms with Gasteiger partial charge in [-0.05, 0) is 37.2 Å². The lowest BCUT2D eigenvalue weighted by atomic mass is 10.0. The van der Waals surface area contributed by atoms with Gasteiger partial charge in [0.2, 0.25) is 0 Å². The maximum Gasteiger partial charge on any atom is 0.269 e. The summed E-state index contributed by atoms with van der Waals surface area (Å²) >= 11 is 0. The van der Waals surface area contributed by atoms with Gasteiger partial charge in [0, 0.05) is 38.3 Å². The molecule has 0 bridgehead atoms. The minimum atomic E-state index is -0.560. The SMILES string of the molecule is COc1ccc2ncc(=O)n(CCN3CC[C@H](NCc4ccc5c(n4)NC(=O)CO5)[C@H](O)C3)c2c1.Cl.Cl. The van der Waals surface area contributed by atoms with Crippen LogP contribution in [-0.2, 0) is 17.9 Å². The van der Waals surface area contributed by atoms with E-state index >= 15 is 0 Å². The molecule has 0 unspecified atom stereocenters. The number of methoxy groups -OCH3 is 1. The number of nitrogens with zero attached hydrogens (tertiary/aromatic N) is 4. The van der Waals surface area contributed by atoms with E-state index in [1.807, 2.05) is 24.3 Å². The number of carbonyl (C=O) groups is 1. The number of piperidine rings is 1. The number of rotatable bonds is 7. The summed E-state index contributed by atoms with van der Waals surface area (Å²) in [6.45, 7) is 2.87. The Labute approximate surface area is 226 Å². The molecule has 0 aliphatic carbocycles. The van der Waals surface area contributed by atoms with Crippen molar-refractivity contribution in [1.29, 1.82) is 0 Å². The van der Waals surface area contributed by atoms with Gasteiger partial charge in [-0.15, -0.1) is 24.8 Å². The fourth-order valence-electron chi connectivity index (χ4n) is 4.52. The van der Waals surface area contributed by atoms with Crippen molar-refractivity contribution in [3.05, 3.63) is 52.6 Å². The minimum absolute atomic E-state index is 0. The number of β-amino-alcohol motifs (C(OH)–C–C–N with tert-alkyl or cyclic N) is 1. The monoisotopic (exact) mass is 552 g/mol. The highest BCUT2D eigenvalue weighted by molar-refractivity contribution is 5.94. The van der Waals surface area contributed by atoms with Crippen molar-refractivity contribution in [1.82, 2.24) is 24.8 Å². The predicted molar refractivity (Wildman–Crippen MR) is 143 cm³/mol. The number of ether oxygens (including phenoxy) is 2. The Kier molecular flexibility index (Phi) is 9.68. The largest absolute Gasteiger partial charge is 0.497 e. The summed E-state index contributed by atoms with van der Waals surface area (Å²) in [6, 6.07) is 9.03. The van der Waals surface area contributed by atoms with Gasteiger partial charge in [0.25, 0.3) is 11.5 Å². The van der Waals surface area contributed by atoms with Crippen LogP contribution in [0.3, 0.4) is 0 Å². The van der Waals surface area contributed by atoms with E-state index in [1.54, 1.807) is 17.7 Å². The Balaban J connectivity index is 0.00000190. The summed E-state index contributed by atoms with van der Waals surface area (Å²) in [5.41, 5.74) is 2.05. The van der Waals surface area contributed by atoms with Crippen LogP contribution in [0.1, 0.15) is 12.1 Å². The summed E-state index contributed by atoms with van der Waals surface area (Å²) in [4.78, 5) is 34.8. The summed E-state index contributed by atoms with van der Waals surface area (Å²) in [5.74, 6) is 1.43. The molecule has 1 amide bonds. The van der Waals surface area contributed by atoms with E-state index in [1.165, 1.54) is 6.20 Å². The summed E-state index contributed by atoms with van der Waals surface area (Å²) < 4.78 is 12.3. The number of pyridine rings is 1. The van der Waals surface area contributed by atoms with Crippen molar-refractivity contribution in [2.45, 2.75) is 31.7 Å². The van der Waals surface area contributed by atoms with Crippen LogP contribution in [0.15, 0.2) is 41.3 Å². The van der Waals surface area contributed by atoms with Crippen molar-refractivity contribution in [3.8, 4) is 11.5 Å². The molecular weight excluding hydrogens is 523 g/mol. The van der Waals surface area contributed by atoms with Crippen molar-refractivity contribution in [2.75, 3.05) is 38.7 Å². The summed E-state index contributed by atoms with van der Waals surface area (Å²) in [5, 5.41) is 16.8. The van der Waals surface area contributed by atoms with Crippen LogP contribution in [0, 0.1) is 0 Å². The second kappa shape index (κ2) is 12.5. The molecule has 4 heterocycles. The van der Waals surface area contributed by atoms with Gasteiger partial charge >= 0.3 is 0 Å². The lowest BCUT2D eigenvalue weighted by Crippen LogP contribution is -2.53.